The van der Waals surface area contributed by atoms with Gasteiger partial charge in [0.05, 0.1) is 13.2 Å². The van der Waals surface area contributed by atoms with E-state index in [-0.39, 0.29) is 13.2 Å². The summed E-state index contributed by atoms with van der Waals surface area (Å²) in [6.07, 6.45) is 0.116. The molecule has 0 aliphatic heterocycles. The van der Waals surface area contributed by atoms with Crippen LogP contribution in [0.2, 0.25) is 0 Å². The number of carboxylic acid groups (broad SMARTS) is 1. The van der Waals surface area contributed by atoms with Gasteiger partial charge < -0.3 is 20.1 Å². The van der Waals surface area contributed by atoms with Gasteiger partial charge >= 0.3 is 5.97 Å². The molecule has 12 heavy (non-hydrogen) atoms. The van der Waals surface area contributed by atoms with Crippen molar-refractivity contribution in [2.75, 3.05) is 20.3 Å². The van der Waals surface area contributed by atoms with Crippen molar-refractivity contribution in [1.29, 1.82) is 0 Å². The Kier molecular flexibility index (Phi) is 11.5. The maximum absolute atomic E-state index is 9.25. The first-order valence-corrected chi connectivity index (χ1v) is 3.21. The summed E-state index contributed by atoms with van der Waals surface area (Å²) >= 11 is 0. The molecule has 0 bridgehead atoms. The zero-order chi connectivity index (χ0) is 9.98. The van der Waals surface area contributed by atoms with E-state index >= 15 is 0 Å². The van der Waals surface area contributed by atoms with Gasteiger partial charge in [0.2, 0.25) is 0 Å². The number of methoxy groups -OCH3 is 1. The number of aliphatic hydroxyl groups is 2. The van der Waals surface area contributed by atoms with Gasteiger partial charge in [0, 0.05) is 13.2 Å². The molecule has 3 N–H and O–H groups in total. The average Bonchev–Trinajstić information content (AvgIpc) is 2.06. The first kappa shape index (κ1) is 13.7. The van der Waals surface area contributed by atoms with Gasteiger partial charge in [-0.15, -0.1) is 0 Å². The van der Waals surface area contributed by atoms with Crippen molar-refractivity contribution >= 4 is 5.97 Å². The van der Waals surface area contributed by atoms with E-state index in [2.05, 4.69) is 11.3 Å². The molecule has 0 spiro atoms. The standard InChI is InChI=1S/C4H10O3.C3H4O2/c1-7-3-4(6)2-5;1-2-3(4)5/h4-6H,2-3H2,1H3;2H,1H2,(H,4,5). The molecule has 0 saturated heterocycles. The van der Waals surface area contributed by atoms with Crippen molar-refractivity contribution < 1.29 is 24.9 Å². The highest BCUT2D eigenvalue weighted by atomic mass is 16.5. The Hall–Kier alpha value is -0.910. The van der Waals surface area contributed by atoms with Crippen LogP contribution in [0.3, 0.4) is 0 Å². The number of carbonyl (C=O) groups is 1. The normalized spacial score (nSPS) is 10.9. The summed E-state index contributed by atoms with van der Waals surface area (Å²) < 4.78 is 4.48. The fourth-order valence-electron chi connectivity index (χ4n) is 0.245. The number of rotatable bonds is 4. The smallest absolute Gasteiger partial charge is 0.327 e. The molecule has 0 aliphatic carbocycles. The van der Waals surface area contributed by atoms with Crippen LogP contribution in [-0.2, 0) is 9.53 Å². The Morgan fingerprint density at radius 1 is 1.75 bits per heavy atom. The first-order valence-electron chi connectivity index (χ1n) is 3.21. The maximum Gasteiger partial charge on any atom is 0.327 e. The minimum absolute atomic E-state index is 0.205. The van der Waals surface area contributed by atoms with Crippen LogP contribution in [0.4, 0.5) is 0 Å². The van der Waals surface area contributed by atoms with E-state index in [9.17, 15) is 4.79 Å². The predicted molar refractivity (Wildman–Crippen MR) is 42.8 cm³/mol. The second kappa shape index (κ2) is 10.1. The molecule has 0 aromatic rings. The van der Waals surface area contributed by atoms with E-state index < -0.39 is 12.1 Å². The lowest BCUT2D eigenvalue weighted by Crippen LogP contribution is -2.17. The molecule has 0 rings (SSSR count). The molecular weight excluding hydrogens is 164 g/mol. The zero-order valence-corrected chi connectivity index (χ0v) is 6.93. The van der Waals surface area contributed by atoms with E-state index in [0.717, 1.165) is 6.08 Å². The van der Waals surface area contributed by atoms with Crippen LogP contribution >= 0.6 is 0 Å². The number of hydrogen-bond acceptors (Lipinski definition) is 4. The third-order valence-corrected chi connectivity index (χ3v) is 0.744. The SMILES string of the molecule is C=CC(=O)O.COCC(O)CO. The number of ether oxygens (including phenoxy) is 1. The van der Waals surface area contributed by atoms with Crippen LogP contribution in [0.5, 0.6) is 0 Å². The van der Waals surface area contributed by atoms with Crippen LogP contribution in [0.15, 0.2) is 12.7 Å². The molecule has 0 amide bonds. The van der Waals surface area contributed by atoms with Gasteiger partial charge in [0.15, 0.2) is 0 Å². The van der Waals surface area contributed by atoms with E-state index in [0.29, 0.717) is 0 Å². The fourth-order valence-corrected chi connectivity index (χ4v) is 0.245. The van der Waals surface area contributed by atoms with Crippen molar-refractivity contribution in [3.05, 3.63) is 12.7 Å². The largest absolute Gasteiger partial charge is 0.478 e. The molecule has 1 atom stereocenters. The molecule has 0 aliphatic rings. The van der Waals surface area contributed by atoms with Gasteiger partial charge in [-0.25, -0.2) is 4.79 Å². The van der Waals surface area contributed by atoms with Crippen LogP contribution in [0.25, 0.3) is 0 Å². The highest BCUT2D eigenvalue weighted by molar-refractivity contribution is 5.78. The Morgan fingerprint density at radius 2 is 2.17 bits per heavy atom. The van der Waals surface area contributed by atoms with Crippen molar-refractivity contribution in [2.45, 2.75) is 6.10 Å². The topological polar surface area (TPSA) is 87.0 Å². The minimum Gasteiger partial charge on any atom is -0.478 e. The van der Waals surface area contributed by atoms with Crippen LogP contribution < -0.4 is 0 Å². The van der Waals surface area contributed by atoms with Gasteiger partial charge in [-0.1, -0.05) is 6.58 Å². The highest BCUT2D eigenvalue weighted by Gasteiger charge is 1.96. The average molecular weight is 178 g/mol. The number of aliphatic carboxylic acids is 1. The molecule has 0 aromatic heterocycles. The van der Waals surface area contributed by atoms with E-state index in [1.165, 1.54) is 7.11 Å². The highest BCUT2D eigenvalue weighted by Crippen LogP contribution is 1.77. The monoisotopic (exact) mass is 178 g/mol. The molecule has 1 unspecified atom stereocenters. The number of aliphatic hydroxyl groups excluding tert-OH is 2. The quantitative estimate of drug-likeness (QED) is 0.493. The third-order valence-electron chi connectivity index (χ3n) is 0.744. The zero-order valence-electron chi connectivity index (χ0n) is 6.93. The van der Waals surface area contributed by atoms with Crippen LogP contribution in [0.1, 0.15) is 0 Å². The molecule has 5 nitrogen and oxygen atoms in total. The molecule has 0 saturated carbocycles. The lowest BCUT2D eigenvalue weighted by atomic mass is 10.4. The Morgan fingerprint density at radius 3 is 2.25 bits per heavy atom. The second-order valence-corrected chi connectivity index (χ2v) is 1.83. The summed E-state index contributed by atoms with van der Waals surface area (Å²) in [5.41, 5.74) is 0. The lowest BCUT2D eigenvalue weighted by molar-refractivity contribution is -0.131. The van der Waals surface area contributed by atoms with Gasteiger partial charge in [-0.3, -0.25) is 0 Å². The van der Waals surface area contributed by atoms with E-state index in [1.807, 2.05) is 0 Å². The molecular formula is C7H14O5. The maximum atomic E-state index is 9.25. The van der Waals surface area contributed by atoms with Crippen LogP contribution in [-0.4, -0.2) is 47.7 Å². The van der Waals surface area contributed by atoms with Gasteiger partial charge in [0.25, 0.3) is 0 Å². The molecule has 72 valence electrons. The van der Waals surface area contributed by atoms with Crippen LogP contribution in [0, 0.1) is 0 Å². The second-order valence-electron chi connectivity index (χ2n) is 1.83. The number of hydrogen-bond donors (Lipinski definition) is 3. The summed E-state index contributed by atoms with van der Waals surface area (Å²) in [6, 6.07) is 0. The first-order chi connectivity index (χ1) is 5.58. The minimum atomic E-state index is -0.981. The van der Waals surface area contributed by atoms with Gasteiger partial charge in [-0.05, 0) is 0 Å². The predicted octanol–water partition coefficient (Wildman–Crippen LogP) is -0.757. The van der Waals surface area contributed by atoms with Crippen molar-refractivity contribution in [3.63, 3.8) is 0 Å². The van der Waals surface area contributed by atoms with Crippen molar-refractivity contribution in [2.24, 2.45) is 0 Å². The summed E-state index contributed by atoms with van der Waals surface area (Å²) in [5.74, 6) is -0.981. The Balaban J connectivity index is 0. The summed E-state index contributed by atoms with van der Waals surface area (Å²) in [5, 5.41) is 24.2. The van der Waals surface area contributed by atoms with Crippen molar-refractivity contribution in [1.82, 2.24) is 0 Å². The molecule has 5 heteroatoms. The van der Waals surface area contributed by atoms with Crippen molar-refractivity contribution in [3.8, 4) is 0 Å². The van der Waals surface area contributed by atoms with E-state index in [4.69, 9.17) is 15.3 Å². The number of carboxylic acids is 1. The summed E-state index contributed by atoms with van der Waals surface area (Å²) in [6.45, 7) is 2.94. The van der Waals surface area contributed by atoms with Gasteiger partial charge in [0.1, 0.15) is 6.10 Å². The summed E-state index contributed by atoms with van der Waals surface area (Å²) in [4.78, 5) is 9.25. The molecule has 0 fully saturated rings. The Labute approximate surface area is 70.9 Å². The lowest BCUT2D eigenvalue weighted by Gasteiger charge is -2.01. The third kappa shape index (κ3) is 16.0. The summed E-state index contributed by atoms with van der Waals surface area (Å²) in [7, 11) is 1.47. The fraction of sp³-hybridized carbons (Fsp3) is 0.571. The van der Waals surface area contributed by atoms with E-state index in [1.54, 1.807) is 0 Å². The van der Waals surface area contributed by atoms with Gasteiger partial charge in [-0.2, -0.15) is 0 Å². The molecule has 0 heterocycles. The Bertz CT molecular complexity index is 123. The molecule has 0 radical (unpaired) electrons. The molecule has 0 aromatic carbocycles.